The fourth-order valence-corrected chi connectivity index (χ4v) is 3.56. The molecule has 2 heterocycles. The maximum Gasteiger partial charge on any atom is 0.289 e. The number of carbonyl (C=O) groups is 1. The number of amides is 1. The molecule has 2 aromatic rings. The first-order valence-electron chi connectivity index (χ1n) is 8.53. The first kappa shape index (κ1) is 19.7. The molecule has 0 bridgehead atoms. The third kappa shape index (κ3) is 5.03. The van der Waals surface area contributed by atoms with Gasteiger partial charge in [0.2, 0.25) is 14.9 Å². The fraction of sp³-hybridized carbons (Fsp3) is 0.389. The topological polar surface area (TPSA) is 80.1 Å². The number of carbonyl (C=O) groups excluding carboxylic acids is 1. The summed E-state index contributed by atoms with van der Waals surface area (Å²) in [7, 11) is -3.46. The molecule has 1 amide bonds. The lowest BCUT2D eigenvalue weighted by Crippen LogP contribution is -2.49. The van der Waals surface area contributed by atoms with Gasteiger partial charge in [0.05, 0.1) is 5.02 Å². The molecule has 1 aromatic carbocycles. The summed E-state index contributed by atoms with van der Waals surface area (Å²) in [5.41, 5.74) is 0. The van der Waals surface area contributed by atoms with Crippen LogP contribution in [0.1, 0.15) is 10.6 Å². The van der Waals surface area contributed by atoms with E-state index in [1.165, 1.54) is 12.1 Å². The van der Waals surface area contributed by atoms with E-state index in [1.54, 1.807) is 11.0 Å². The molecule has 0 radical (unpaired) electrons. The molecule has 0 N–H and O–H groups in total. The lowest BCUT2D eigenvalue weighted by Gasteiger charge is -2.34. The molecule has 3 rings (SSSR count). The van der Waals surface area contributed by atoms with Crippen LogP contribution in [0, 0.1) is 0 Å². The molecule has 0 aliphatic carbocycles. The molecule has 0 unspecified atom stereocenters. The lowest BCUT2D eigenvalue weighted by atomic mass is 10.3. The van der Waals surface area contributed by atoms with E-state index in [0.29, 0.717) is 43.6 Å². The number of benzene rings is 1. The van der Waals surface area contributed by atoms with Crippen LogP contribution in [-0.2, 0) is 9.84 Å². The second-order valence-electron chi connectivity index (χ2n) is 6.30. The molecule has 1 aliphatic heterocycles. The summed E-state index contributed by atoms with van der Waals surface area (Å²) in [6.45, 7) is 3.73. The van der Waals surface area contributed by atoms with Crippen LogP contribution in [0.5, 0.6) is 5.75 Å². The van der Waals surface area contributed by atoms with E-state index < -0.39 is 9.84 Å². The van der Waals surface area contributed by atoms with E-state index in [9.17, 15) is 13.2 Å². The minimum atomic E-state index is -3.46. The highest BCUT2D eigenvalue weighted by atomic mass is 35.5. The van der Waals surface area contributed by atoms with Crippen molar-refractivity contribution in [3.63, 3.8) is 0 Å². The van der Waals surface area contributed by atoms with Crippen molar-refractivity contribution in [3.8, 4) is 5.75 Å². The molecule has 7 nitrogen and oxygen atoms in total. The van der Waals surface area contributed by atoms with E-state index in [-0.39, 0.29) is 16.8 Å². The Morgan fingerprint density at radius 1 is 1.15 bits per heavy atom. The van der Waals surface area contributed by atoms with E-state index >= 15 is 0 Å². The van der Waals surface area contributed by atoms with Crippen LogP contribution in [0.3, 0.4) is 0 Å². The Bertz CT molecular complexity index is 904. The standard InChI is InChI=1S/C18H21ClN2O5S/c1-27(23,24)17-7-6-16(26-17)18(22)21-10-8-20(9-11-21)12-13-25-15-5-3-2-4-14(15)19/h2-7H,8-13H2,1H3. The summed E-state index contributed by atoms with van der Waals surface area (Å²) in [4.78, 5) is 16.3. The summed E-state index contributed by atoms with van der Waals surface area (Å²) in [5, 5.41) is 0.390. The molecule has 0 spiro atoms. The molecule has 0 atom stereocenters. The number of piperazine rings is 1. The van der Waals surface area contributed by atoms with Gasteiger partial charge in [-0.25, -0.2) is 8.42 Å². The van der Waals surface area contributed by atoms with Crippen molar-refractivity contribution in [1.82, 2.24) is 9.80 Å². The summed E-state index contributed by atoms with van der Waals surface area (Å²) in [6.07, 6.45) is 1.05. The average molecular weight is 413 g/mol. The second kappa shape index (κ2) is 8.33. The number of hydrogen-bond acceptors (Lipinski definition) is 6. The number of ether oxygens (including phenoxy) is 1. The molecule has 0 saturated carbocycles. The van der Waals surface area contributed by atoms with E-state index in [1.807, 2.05) is 18.2 Å². The lowest BCUT2D eigenvalue weighted by molar-refractivity contribution is 0.0585. The van der Waals surface area contributed by atoms with Crippen molar-refractivity contribution in [1.29, 1.82) is 0 Å². The zero-order valence-corrected chi connectivity index (χ0v) is 16.5. The van der Waals surface area contributed by atoms with Crippen molar-refractivity contribution in [2.24, 2.45) is 0 Å². The quantitative estimate of drug-likeness (QED) is 0.723. The highest BCUT2D eigenvalue weighted by Gasteiger charge is 2.25. The zero-order chi connectivity index (χ0) is 19.4. The molecular weight excluding hydrogens is 392 g/mol. The molecule has 1 fully saturated rings. The van der Waals surface area contributed by atoms with Gasteiger partial charge >= 0.3 is 0 Å². The first-order chi connectivity index (χ1) is 12.8. The molecule has 9 heteroatoms. The number of hydrogen-bond donors (Lipinski definition) is 0. The van der Waals surface area contributed by atoms with Gasteiger partial charge in [0.25, 0.3) is 5.91 Å². The number of rotatable bonds is 6. The number of sulfone groups is 1. The summed E-state index contributed by atoms with van der Waals surface area (Å²) < 4.78 is 33.8. The minimum absolute atomic E-state index is 0.0472. The Hall–Kier alpha value is -2.03. The predicted molar refractivity (Wildman–Crippen MR) is 101 cm³/mol. The number of para-hydroxylation sites is 1. The van der Waals surface area contributed by atoms with E-state index in [2.05, 4.69) is 4.90 Å². The Morgan fingerprint density at radius 2 is 1.85 bits per heavy atom. The number of nitrogens with zero attached hydrogens (tertiary/aromatic N) is 2. The smallest absolute Gasteiger partial charge is 0.289 e. The molecule has 1 aromatic heterocycles. The van der Waals surface area contributed by atoms with Crippen LogP contribution in [0.15, 0.2) is 45.9 Å². The van der Waals surface area contributed by atoms with Crippen molar-refractivity contribution < 1.29 is 22.4 Å². The second-order valence-corrected chi connectivity index (χ2v) is 8.66. The SMILES string of the molecule is CS(=O)(=O)c1ccc(C(=O)N2CCN(CCOc3ccccc3Cl)CC2)o1. The normalized spacial score (nSPS) is 15.7. The maximum absolute atomic E-state index is 12.5. The van der Waals surface area contributed by atoms with Crippen LogP contribution in [0.4, 0.5) is 0 Å². The van der Waals surface area contributed by atoms with Crippen LogP contribution in [-0.4, -0.2) is 69.7 Å². The van der Waals surface area contributed by atoms with Gasteiger partial charge in [-0.1, -0.05) is 23.7 Å². The van der Waals surface area contributed by atoms with E-state index in [4.69, 9.17) is 20.8 Å². The fourth-order valence-electron chi connectivity index (χ4n) is 2.81. The van der Waals surface area contributed by atoms with Crippen molar-refractivity contribution in [2.75, 3.05) is 45.6 Å². The van der Waals surface area contributed by atoms with E-state index in [0.717, 1.165) is 12.8 Å². The zero-order valence-electron chi connectivity index (χ0n) is 14.9. The number of halogens is 1. The average Bonchev–Trinajstić information content (AvgIpc) is 3.14. The third-order valence-electron chi connectivity index (χ3n) is 4.32. The Morgan fingerprint density at radius 3 is 2.48 bits per heavy atom. The van der Waals surface area contributed by atoms with Gasteiger partial charge in [-0.15, -0.1) is 0 Å². The van der Waals surface area contributed by atoms with Crippen LogP contribution >= 0.6 is 11.6 Å². The van der Waals surface area contributed by atoms with Gasteiger partial charge in [-0.2, -0.15) is 0 Å². The highest BCUT2D eigenvalue weighted by Crippen LogP contribution is 2.23. The van der Waals surface area contributed by atoms with Gasteiger partial charge in [-0.05, 0) is 24.3 Å². The van der Waals surface area contributed by atoms with Gasteiger partial charge in [0, 0.05) is 39.0 Å². The van der Waals surface area contributed by atoms with Gasteiger partial charge in [0.15, 0.2) is 5.76 Å². The first-order valence-corrected chi connectivity index (χ1v) is 10.8. The largest absolute Gasteiger partial charge is 0.491 e. The third-order valence-corrected chi connectivity index (χ3v) is 5.58. The highest BCUT2D eigenvalue weighted by molar-refractivity contribution is 7.90. The maximum atomic E-state index is 12.5. The molecule has 1 saturated heterocycles. The van der Waals surface area contributed by atoms with Crippen LogP contribution in [0.25, 0.3) is 0 Å². The molecule has 146 valence electrons. The Labute approximate surface area is 163 Å². The van der Waals surface area contributed by atoms with Crippen molar-refractivity contribution >= 4 is 27.3 Å². The van der Waals surface area contributed by atoms with Crippen molar-refractivity contribution in [2.45, 2.75) is 5.09 Å². The predicted octanol–water partition coefficient (Wildman–Crippen LogP) is 2.17. The number of furan rings is 1. The molecular formula is C18H21ClN2O5S. The van der Waals surface area contributed by atoms with Gasteiger partial charge < -0.3 is 14.1 Å². The summed E-state index contributed by atoms with van der Waals surface area (Å²) in [5.74, 6) is 0.412. The molecule has 1 aliphatic rings. The van der Waals surface area contributed by atoms with Crippen LogP contribution in [0.2, 0.25) is 5.02 Å². The van der Waals surface area contributed by atoms with Crippen molar-refractivity contribution in [3.05, 3.63) is 47.2 Å². The molecule has 27 heavy (non-hydrogen) atoms. The van der Waals surface area contributed by atoms with Gasteiger partial charge in [0.1, 0.15) is 12.4 Å². The Kier molecular flexibility index (Phi) is 6.08. The minimum Gasteiger partial charge on any atom is -0.491 e. The summed E-state index contributed by atoms with van der Waals surface area (Å²) >= 11 is 6.06. The summed E-state index contributed by atoms with van der Waals surface area (Å²) in [6, 6.07) is 10.0. The van der Waals surface area contributed by atoms with Crippen LogP contribution < -0.4 is 4.74 Å². The van der Waals surface area contributed by atoms with Gasteiger partial charge in [-0.3, -0.25) is 9.69 Å². The Balaban J connectivity index is 1.46. The monoisotopic (exact) mass is 412 g/mol.